The molecule has 0 aliphatic carbocycles. The molecule has 1 aromatic heterocycles. The highest BCUT2D eigenvalue weighted by atomic mass is 35.5. The Hall–Kier alpha value is -4.75. The molecule has 1 amide bonds. The lowest BCUT2D eigenvalue weighted by atomic mass is 9.94. The Balaban J connectivity index is 1.45. The van der Waals surface area contributed by atoms with Crippen LogP contribution in [0.3, 0.4) is 0 Å². The number of ether oxygens (including phenoxy) is 2. The highest BCUT2D eigenvalue weighted by Gasteiger charge is 2.43. The van der Waals surface area contributed by atoms with Crippen LogP contribution in [0.1, 0.15) is 56.8 Å². The predicted molar refractivity (Wildman–Crippen MR) is 167 cm³/mol. The van der Waals surface area contributed by atoms with E-state index in [9.17, 15) is 9.90 Å². The highest BCUT2D eigenvalue weighted by molar-refractivity contribution is 6.31. The van der Waals surface area contributed by atoms with Crippen molar-refractivity contribution in [3.8, 4) is 28.5 Å². The predicted octanol–water partition coefficient (Wildman–Crippen LogP) is 7.78. The minimum atomic E-state index is -0.514. The summed E-state index contributed by atoms with van der Waals surface area (Å²) in [5.41, 5.74) is 6.74. The van der Waals surface area contributed by atoms with E-state index in [2.05, 4.69) is 10.2 Å². The third kappa shape index (κ3) is 5.56. The number of halogens is 1. The van der Waals surface area contributed by atoms with E-state index in [4.69, 9.17) is 21.1 Å². The fraction of sp³-hybridized carbons (Fsp3) is 0.200. The van der Waals surface area contributed by atoms with Gasteiger partial charge in [-0.15, -0.1) is 0 Å². The van der Waals surface area contributed by atoms with Gasteiger partial charge < -0.3 is 19.5 Å². The van der Waals surface area contributed by atoms with Crippen molar-refractivity contribution >= 4 is 17.5 Å². The van der Waals surface area contributed by atoms with Gasteiger partial charge in [0.15, 0.2) is 11.5 Å². The number of hydrogen-bond donors (Lipinski definition) is 2. The van der Waals surface area contributed by atoms with Gasteiger partial charge in [0, 0.05) is 22.7 Å². The summed E-state index contributed by atoms with van der Waals surface area (Å²) in [4.78, 5) is 15.8. The molecule has 2 heterocycles. The Labute approximate surface area is 255 Å². The first kappa shape index (κ1) is 28.4. The van der Waals surface area contributed by atoms with E-state index >= 15 is 0 Å². The van der Waals surface area contributed by atoms with Gasteiger partial charge in [-0.05, 0) is 67.3 Å². The van der Waals surface area contributed by atoms with Crippen LogP contribution in [-0.2, 0) is 13.2 Å². The van der Waals surface area contributed by atoms with Gasteiger partial charge in [0.1, 0.15) is 23.7 Å². The monoisotopic (exact) mass is 593 g/mol. The number of H-pyrrole nitrogens is 1. The molecule has 0 spiro atoms. The van der Waals surface area contributed by atoms with Gasteiger partial charge in [0.25, 0.3) is 5.91 Å². The van der Waals surface area contributed by atoms with E-state index in [0.29, 0.717) is 58.8 Å². The Kier molecular flexibility index (Phi) is 7.82. The largest absolute Gasteiger partial charge is 0.507 e. The van der Waals surface area contributed by atoms with E-state index in [0.717, 1.165) is 27.8 Å². The number of nitrogens with one attached hydrogen (secondary N) is 1. The molecule has 43 heavy (non-hydrogen) atoms. The smallest absolute Gasteiger partial charge is 0.273 e. The molecule has 1 aliphatic rings. The Morgan fingerprint density at radius 2 is 1.70 bits per heavy atom. The maximum atomic E-state index is 13.9. The fourth-order valence-electron chi connectivity index (χ4n) is 5.48. The van der Waals surface area contributed by atoms with Crippen LogP contribution in [0.15, 0.2) is 84.9 Å². The number of amides is 1. The van der Waals surface area contributed by atoms with Crippen LogP contribution in [0.4, 0.5) is 0 Å². The standard InChI is InChI=1S/C35H32ClN3O4/c1-4-42-30-17-25(14-15-29(30)43-20-24-8-6-5-7-9-24)34-31-32(26-18-27(36)22(3)16-28(26)40)37-38-33(31)35(41)39(34)19-23-12-10-21(2)11-13-23/h5-18,34,40H,4,19-20H2,1-3H3,(H,37,38). The molecule has 6 rings (SSSR count). The Morgan fingerprint density at radius 3 is 2.44 bits per heavy atom. The van der Waals surface area contributed by atoms with Crippen molar-refractivity contribution in [2.45, 2.75) is 40.0 Å². The summed E-state index contributed by atoms with van der Waals surface area (Å²) in [6.45, 7) is 7.00. The van der Waals surface area contributed by atoms with Gasteiger partial charge in [-0.3, -0.25) is 9.89 Å². The van der Waals surface area contributed by atoms with Gasteiger partial charge >= 0.3 is 0 Å². The lowest BCUT2D eigenvalue weighted by Crippen LogP contribution is -2.29. The van der Waals surface area contributed by atoms with Gasteiger partial charge in [0.05, 0.1) is 12.6 Å². The molecule has 1 atom stereocenters. The lowest BCUT2D eigenvalue weighted by Gasteiger charge is -2.27. The third-order valence-electron chi connectivity index (χ3n) is 7.69. The van der Waals surface area contributed by atoms with Crippen LogP contribution in [0.5, 0.6) is 17.2 Å². The van der Waals surface area contributed by atoms with Crippen LogP contribution in [0.2, 0.25) is 5.02 Å². The second-order valence-electron chi connectivity index (χ2n) is 10.7. The van der Waals surface area contributed by atoms with Crippen molar-refractivity contribution in [2.75, 3.05) is 6.61 Å². The number of carbonyl (C=O) groups excluding carboxylic acids is 1. The Morgan fingerprint density at radius 1 is 0.930 bits per heavy atom. The molecular weight excluding hydrogens is 562 g/mol. The molecular formula is C35H32ClN3O4. The summed E-state index contributed by atoms with van der Waals surface area (Å²) in [5.74, 6) is 1.05. The molecule has 0 saturated carbocycles. The summed E-state index contributed by atoms with van der Waals surface area (Å²) in [7, 11) is 0. The maximum Gasteiger partial charge on any atom is 0.273 e. The summed E-state index contributed by atoms with van der Waals surface area (Å²) in [6, 6.07) is 26.6. The SMILES string of the molecule is CCOc1cc(C2c3c(-c4cc(Cl)c(C)cc4O)n[nH]c3C(=O)N2Cc2ccc(C)cc2)ccc1OCc1ccccc1. The van der Waals surface area contributed by atoms with Crippen molar-refractivity contribution < 1.29 is 19.4 Å². The molecule has 0 bridgehead atoms. The van der Waals surface area contributed by atoms with Gasteiger partial charge in [0.2, 0.25) is 0 Å². The zero-order chi connectivity index (χ0) is 30.1. The second-order valence-corrected chi connectivity index (χ2v) is 11.1. The topological polar surface area (TPSA) is 87.7 Å². The zero-order valence-corrected chi connectivity index (χ0v) is 25.0. The number of nitrogens with zero attached hydrogens (tertiary/aromatic N) is 2. The molecule has 218 valence electrons. The van der Waals surface area contributed by atoms with Crippen molar-refractivity contribution in [3.63, 3.8) is 0 Å². The van der Waals surface area contributed by atoms with Crippen molar-refractivity contribution in [1.29, 1.82) is 0 Å². The van der Waals surface area contributed by atoms with E-state index < -0.39 is 6.04 Å². The average Bonchev–Trinajstić information content (AvgIpc) is 3.54. The molecule has 7 nitrogen and oxygen atoms in total. The van der Waals surface area contributed by atoms with E-state index in [-0.39, 0.29) is 11.7 Å². The van der Waals surface area contributed by atoms with E-state index in [1.54, 1.807) is 12.1 Å². The number of aromatic amines is 1. The molecule has 4 aromatic carbocycles. The average molecular weight is 594 g/mol. The molecule has 2 N–H and O–H groups in total. The third-order valence-corrected chi connectivity index (χ3v) is 8.10. The number of aromatic nitrogens is 2. The molecule has 0 radical (unpaired) electrons. The zero-order valence-electron chi connectivity index (χ0n) is 24.2. The van der Waals surface area contributed by atoms with Crippen LogP contribution in [-0.4, -0.2) is 32.7 Å². The second kappa shape index (κ2) is 11.9. The van der Waals surface area contributed by atoms with Crippen molar-refractivity contribution in [2.24, 2.45) is 0 Å². The lowest BCUT2D eigenvalue weighted by molar-refractivity contribution is 0.0729. The van der Waals surface area contributed by atoms with Gasteiger partial charge in [-0.25, -0.2) is 0 Å². The van der Waals surface area contributed by atoms with Crippen LogP contribution in [0.25, 0.3) is 11.3 Å². The molecule has 8 heteroatoms. The van der Waals surface area contributed by atoms with Crippen molar-refractivity contribution in [3.05, 3.63) is 129 Å². The quantitative estimate of drug-likeness (QED) is 0.182. The van der Waals surface area contributed by atoms with E-state index in [1.807, 2.05) is 98.5 Å². The molecule has 5 aromatic rings. The minimum Gasteiger partial charge on any atom is -0.507 e. The number of aryl methyl sites for hydroxylation is 2. The van der Waals surface area contributed by atoms with Crippen LogP contribution >= 0.6 is 11.6 Å². The first-order chi connectivity index (χ1) is 20.8. The minimum absolute atomic E-state index is 0.0408. The normalized spacial score (nSPS) is 14.2. The van der Waals surface area contributed by atoms with Crippen LogP contribution in [0, 0.1) is 13.8 Å². The summed E-state index contributed by atoms with van der Waals surface area (Å²) < 4.78 is 12.2. The first-order valence-corrected chi connectivity index (χ1v) is 14.6. The number of phenolic OH excluding ortho intramolecular Hbond substituents is 1. The first-order valence-electron chi connectivity index (χ1n) is 14.2. The van der Waals surface area contributed by atoms with E-state index in [1.165, 1.54) is 0 Å². The fourth-order valence-corrected chi connectivity index (χ4v) is 5.64. The molecule has 1 unspecified atom stereocenters. The molecule has 0 saturated heterocycles. The number of hydrogen-bond acceptors (Lipinski definition) is 5. The number of fused-ring (bicyclic) bond motifs is 1. The van der Waals surface area contributed by atoms with Gasteiger partial charge in [-0.1, -0.05) is 77.8 Å². The Bertz CT molecular complexity index is 1780. The summed E-state index contributed by atoms with van der Waals surface area (Å²) in [6.07, 6.45) is 0. The summed E-state index contributed by atoms with van der Waals surface area (Å²) in [5, 5.41) is 18.9. The van der Waals surface area contributed by atoms with Crippen molar-refractivity contribution in [1.82, 2.24) is 15.1 Å². The summed E-state index contributed by atoms with van der Waals surface area (Å²) >= 11 is 6.47. The number of benzene rings is 4. The highest BCUT2D eigenvalue weighted by Crippen LogP contribution is 2.47. The van der Waals surface area contributed by atoms with Crippen LogP contribution < -0.4 is 9.47 Å². The number of aromatic hydroxyl groups is 1. The van der Waals surface area contributed by atoms with Gasteiger partial charge in [-0.2, -0.15) is 5.10 Å². The number of rotatable bonds is 9. The molecule has 1 aliphatic heterocycles. The number of carbonyl (C=O) groups is 1. The maximum absolute atomic E-state index is 13.9. The molecule has 0 fully saturated rings. The number of phenols is 1.